The van der Waals surface area contributed by atoms with Gasteiger partial charge in [-0.05, 0) is 48.7 Å². The number of alkyl halides is 2. The Morgan fingerprint density at radius 1 is 0.889 bits per heavy atom. The van der Waals surface area contributed by atoms with E-state index in [-0.39, 0.29) is 11.2 Å². The van der Waals surface area contributed by atoms with Gasteiger partial charge in [-0.1, -0.05) is 112 Å². The van der Waals surface area contributed by atoms with Gasteiger partial charge in [0.05, 0.1) is 5.76 Å². The highest BCUT2D eigenvalue weighted by Gasteiger charge is 2.45. The third-order valence-corrected chi connectivity index (χ3v) is 8.61. The summed E-state index contributed by atoms with van der Waals surface area (Å²) < 4.78 is 57.4. The van der Waals surface area contributed by atoms with E-state index in [1.165, 1.54) is 34.5 Å². The van der Waals surface area contributed by atoms with Crippen LogP contribution in [-0.4, -0.2) is 24.8 Å². The quantitative estimate of drug-likeness (QED) is 0.224. The highest BCUT2D eigenvalue weighted by Crippen LogP contribution is 2.37. The zero-order chi connectivity index (χ0) is 27.0. The smallest absolute Gasteiger partial charge is 0.402 e. The lowest BCUT2D eigenvalue weighted by Gasteiger charge is -2.28. The van der Waals surface area contributed by atoms with Crippen molar-refractivity contribution >= 4 is 34.0 Å². The first-order valence-electron chi connectivity index (χ1n) is 11.4. The second kappa shape index (κ2) is 12.6. The predicted octanol–water partition coefficient (Wildman–Crippen LogP) is 6.15. The van der Waals surface area contributed by atoms with E-state index in [1.807, 2.05) is 0 Å². The van der Waals surface area contributed by atoms with Gasteiger partial charge >= 0.3 is 15.4 Å². The maximum atomic E-state index is 12.4. The number of allylic oxidation sites excluding steroid dienone is 2. The molecule has 0 amide bonds. The number of rotatable bonds is 7. The Labute approximate surface area is 214 Å². The summed E-state index contributed by atoms with van der Waals surface area (Å²) in [5.41, 5.74) is 1.58. The van der Waals surface area contributed by atoms with Crippen molar-refractivity contribution in [2.75, 3.05) is 6.61 Å². The average Bonchev–Trinajstić information content (AvgIpc) is 2.83. The summed E-state index contributed by atoms with van der Waals surface area (Å²) in [6, 6.07) is 30.8. The molecule has 0 atom stereocenters. The molecular weight excluding hydrogens is 501 g/mol. The fourth-order valence-corrected chi connectivity index (χ4v) is 6.13. The molecule has 0 radical (unpaired) electrons. The number of hydrogen-bond donors (Lipinski definition) is 1. The van der Waals surface area contributed by atoms with Crippen LogP contribution in [0.1, 0.15) is 40.2 Å². The van der Waals surface area contributed by atoms with Crippen LogP contribution in [0.25, 0.3) is 0 Å². The molecule has 0 aliphatic heterocycles. The van der Waals surface area contributed by atoms with Crippen LogP contribution in [0, 0.1) is 0 Å². The van der Waals surface area contributed by atoms with E-state index in [4.69, 9.17) is 4.55 Å². The van der Waals surface area contributed by atoms with Crippen molar-refractivity contribution in [2.45, 2.75) is 45.3 Å². The molecule has 0 bridgehead atoms. The first-order valence-corrected chi connectivity index (χ1v) is 14.2. The van der Waals surface area contributed by atoms with Crippen LogP contribution in [0.4, 0.5) is 8.78 Å². The van der Waals surface area contributed by atoms with Crippen molar-refractivity contribution in [2.24, 2.45) is 0 Å². The fraction of sp³-hybridized carbons (Fsp3) is 0.286. The molecule has 0 fully saturated rings. The van der Waals surface area contributed by atoms with Crippen LogP contribution in [0.5, 0.6) is 0 Å². The second-order valence-corrected chi connectivity index (χ2v) is 12.8. The molecule has 0 heterocycles. The minimum Gasteiger partial charge on any atom is -0.491 e. The molecule has 0 saturated heterocycles. The molecule has 0 spiro atoms. The SMILES string of the molecule is CC(C)(C)c1ccccc1P(c1ccccc1)c1ccccc1.CC=C(C)OCC(F)(F)S(=O)(=O)O. The minimum atomic E-state index is -5.39. The summed E-state index contributed by atoms with van der Waals surface area (Å²) in [6.45, 7) is 8.45. The number of halogens is 2. The lowest BCUT2D eigenvalue weighted by Crippen LogP contribution is -2.33. The average molecular weight is 535 g/mol. The highest BCUT2D eigenvalue weighted by molar-refractivity contribution is 7.86. The van der Waals surface area contributed by atoms with Crippen molar-refractivity contribution in [1.82, 2.24) is 0 Å². The summed E-state index contributed by atoms with van der Waals surface area (Å²) in [7, 11) is -5.92. The predicted molar refractivity (Wildman–Crippen MR) is 146 cm³/mol. The molecule has 4 nitrogen and oxygen atoms in total. The van der Waals surface area contributed by atoms with Crippen molar-refractivity contribution < 1.29 is 26.5 Å². The molecule has 0 aromatic heterocycles. The Bertz CT molecular complexity index is 1200. The van der Waals surface area contributed by atoms with Gasteiger partial charge in [-0.2, -0.15) is 17.2 Å². The van der Waals surface area contributed by atoms with Gasteiger partial charge in [0.15, 0.2) is 6.61 Å². The number of benzene rings is 3. The topological polar surface area (TPSA) is 63.6 Å². The standard InChI is InChI=1S/C22H23P.C6H10F2O4S/c1-22(2,3)20-16-10-11-17-21(20)23(18-12-6-4-7-13-18)19-14-8-5-9-15-19;1-3-5(2)12-4-6(7,8)13(9,10)11/h4-17H,1-3H3;3H,4H2,1-2H3,(H,9,10,11). The van der Waals surface area contributed by atoms with E-state index >= 15 is 0 Å². The normalized spacial score (nSPS) is 12.6. The Morgan fingerprint density at radius 3 is 1.75 bits per heavy atom. The van der Waals surface area contributed by atoms with Gasteiger partial charge in [0.1, 0.15) is 0 Å². The van der Waals surface area contributed by atoms with Gasteiger partial charge in [-0.3, -0.25) is 4.55 Å². The zero-order valence-electron chi connectivity index (χ0n) is 21.2. The van der Waals surface area contributed by atoms with Crippen LogP contribution in [0.2, 0.25) is 0 Å². The summed E-state index contributed by atoms with van der Waals surface area (Å²) in [6.07, 6.45) is 1.39. The van der Waals surface area contributed by atoms with Crippen molar-refractivity contribution in [1.29, 1.82) is 0 Å². The molecule has 36 heavy (non-hydrogen) atoms. The van der Waals surface area contributed by atoms with Gasteiger partial charge < -0.3 is 4.74 Å². The Kier molecular flexibility index (Phi) is 10.4. The molecule has 0 saturated carbocycles. The summed E-state index contributed by atoms with van der Waals surface area (Å²) in [4.78, 5) is 0. The van der Waals surface area contributed by atoms with Gasteiger partial charge in [-0.25, -0.2) is 0 Å². The Balaban J connectivity index is 0.000000302. The van der Waals surface area contributed by atoms with Crippen molar-refractivity contribution in [3.05, 3.63) is 102 Å². The van der Waals surface area contributed by atoms with E-state index in [0.29, 0.717) is 0 Å². The van der Waals surface area contributed by atoms with Gasteiger partial charge in [0.25, 0.3) is 0 Å². The van der Waals surface area contributed by atoms with E-state index in [9.17, 15) is 17.2 Å². The molecule has 194 valence electrons. The summed E-state index contributed by atoms with van der Waals surface area (Å²) >= 11 is 0. The second-order valence-electron chi connectivity index (χ2n) is 9.07. The first-order chi connectivity index (χ1) is 16.8. The lowest BCUT2D eigenvalue weighted by atomic mass is 9.87. The van der Waals surface area contributed by atoms with Gasteiger partial charge in [0, 0.05) is 0 Å². The largest absolute Gasteiger partial charge is 0.491 e. The van der Waals surface area contributed by atoms with Crippen molar-refractivity contribution in [3.8, 4) is 0 Å². The highest BCUT2D eigenvalue weighted by atomic mass is 32.2. The molecule has 0 unspecified atom stereocenters. The van der Waals surface area contributed by atoms with Crippen LogP contribution in [0.3, 0.4) is 0 Å². The number of ether oxygens (including phenoxy) is 1. The maximum Gasteiger partial charge on any atom is 0.402 e. The number of hydrogen-bond acceptors (Lipinski definition) is 3. The fourth-order valence-electron chi connectivity index (χ4n) is 3.24. The Hall–Kier alpha value is -2.60. The van der Waals surface area contributed by atoms with Gasteiger partial charge in [0.2, 0.25) is 0 Å². The van der Waals surface area contributed by atoms with E-state index in [0.717, 1.165) is 0 Å². The lowest BCUT2D eigenvalue weighted by molar-refractivity contribution is 0.00374. The molecule has 3 rings (SSSR count). The molecule has 3 aromatic rings. The molecule has 8 heteroatoms. The minimum absolute atomic E-state index is 0.140. The molecular formula is C28H33F2O4PS. The van der Waals surface area contributed by atoms with E-state index in [2.05, 4.69) is 110 Å². The van der Waals surface area contributed by atoms with Crippen LogP contribution >= 0.6 is 7.92 Å². The van der Waals surface area contributed by atoms with Crippen LogP contribution in [0.15, 0.2) is 96.8 Å². The molecule has 3 aromatic carbocycles. The summed E-state index contributed by atoms with van der Waals surface area (Å²) in [5.74, 6) is 0.156. The van der Waals surface area contributed by atoms with Gasteiger partial charge in [-0.15, -0.1) is 0 Å². The third-order valence-electron chi connectivity index (χ3n) is 5.23. The Morgan fingerprint density at radius 2 is 1.33 bits per heavy atom. The zero-order valence-corrected chi connectivity index (χ0v) is 22.9. The maximum absolute atomic E-state index is 12.4. The summed E-state index contributed by atoms with van der Waals surface area (Å²) in [5, 5.41) is 0.0141. The third kappa shape index (κ3) is 8.22. The molecule has 1 N–H and O–H groups in total. The van der Waals surface area contributed by atoms with Crippen LogP contribution in [-0.2, 0) is 20.3 Å². The van der Waals surface area contributed by atoms with Crippen LogP contribution < -0.4 is 15.9 Å². The first kappa shape index (κ1) is 29.6. The monoisotopic (exact) mass is 534 g/mol. The van der Waals surface area contributed by atoms with E-state index < -0.39 is 29.9 Å². The molecule has 0 aliphatic rings. The van der Waals surface area contributed by atoms with Crippen molar-refractivity contribution in [3.63, 3.8) is 0 Å². The van der Waals surface area contributed by atoms with E-state index in [1.54, 1.807) is 6.92 Å². The molecule has 0 aliphatic carbocycles.